The summed E-state index contributed by atoms with van der Waals surface area (Å²) < 4.78 is 5.44. The summed E-state index contributed by atoms with van der Waals surface area (Å²) >= 11 is 4.08. The molecule has 0 fully saturated rings. The minimum absolute atomic E-state index is 0.673. The summed E-state index contributed by atoms with van der Waals surface area (Å²) in [6.07, 6.45) is 0. The Morgan fingerprint density at radius 1 is 1.17 bits per heavy atom. The molecule has 1 aromatic carbocycles. The minimum atomic E-state index is 0.673. The van der Waals surface area contributed by atoms with Crippen molar-refractivity contribution in [1.29, 1.82) is 0 Å². The van der Waals surface area contributed by atoms with Crippen molar-refractivity contribution in [1.82, 2.24) is 0 Å². The Hall–Kier alpha value is -0.630. The second kappa shape index (κ2) is 4.41. The summed E-state index contributed by atoms with van der Waals surface area (Å²) in [7, 11) is 0. The van der Waals surface area contributed by atoms with E-state index in [2.05, 4.69) is 32.5 Å². The van der Waals surface area contributed by atoms with Crippen molar-refractivity contribution in [3.05, 3.63) is 29.3 Å². The molecule has 0 aliphatic rings. The number of rotatable bonds is 3. The molecule has 1 aromatic rings. The second-order valence-electron chi connectivity index (χ2n) is 2.90. The van der Waals surface area contributed by atoms with E-state index in [0.29, 0.717) is 6.61 Å². The Bertz CT molecular complexity index is 238. The summed E-state index contributed by atoms with van der Waals surface area (Å²) in [6.45, 7) is 4.81. The fourth-order valence-electron chi connectivity index (χ4n) is 1.18. The predicted octanol–water partition coefficient (Wildman–Crippen LogP) is 2.61. The zero-order chi connectivity index (χ0) is 8.97. The first-order chi connectivity index (χ1) is 5.72. The van der Waals surface area contributed by atoms with E-state index in [9.17, 15) is 0 Å². The lowest BCUT2D eigenvalue weighted by Crippen LogP contribution is -1.98. The molecule has 0 atom stereocenters. The van der Waals surface area contributed by atoms with Gasteiger partial charge < -0.3 is 4.74 Å². The van der Waals surface area contributed by atoms with Crippen LogP contribution < -0.4 is 4.74 Å². The summed E-state index contributed by atoms with van der Waals surface area (Å²) in [6, 6.07) is 6.21. The van der Waals surface area contributed by atoms with Gasteiger partial charge in [0.1, 0.15) is 5.75 Å². The molecule has 1 rings (SSSR count). The molecule has 0 aliphatic heterocycles. The highest BCUT2D eigenvalue weighted by atomic mass is 32.1. The Labute approximate surface area is 79.2 Å². The molecular formula is C10H14OS. The lowest BCUT2D eigenvalue weighted by atomic mass is 10.1. The SMILES string of the molecule is Cc1cc(C)cc(OCCS)c1. The topological polar surface area (TPSA) is 9.23 Å². The van der Waals surface area contributed by atoms with E-state index in [1.807, 2.05) is 12.1 Å². The van der Waals surface area contributed by atoms with E-state index in [4.69, 9.17) is 4.74 Å². The van der Waals surface area contributed by atoms with Gasteiger partial charge in [0.15, 0.2) is 0 Å². The van der Waals surface area contributed by atoms with E-state index >= 15 is 0 Å². The van der Waals surface area contributed by atoms with Gasteiger partial charge in [-0.2, -0.15) is 12.6 Å². The number of hydrogen-bond donors (Lipinski definition) is 1. The summed E-state index contributed by atoms with van der Waals surface area (Å²) in [5.41, 5.74) is 2.48. The maximum atomic E-state index is 5.44. The van der Waals surface area contributed by atoms with Crippen LogP contribution in [0, 0.1) is 13.8 Å². The van der Waals surface area contributed by atoms with Crippen LogP contribution in [-0.2, 0) is 0 Å². The molecule has 0 bridgehead atoms. The fourth-order valence-corrected chi connectivity index (χ4v) is 1.27. The fraction of sp³-hybridized carbons (Fsp3) is 0.400. The Morgan fingerprint density at radius 2 is 1.75 bits per heavy atom. The highest BCUT2D eigenvalue weighted by Crippen LogP contribution is 2.15. The van der Waals surface area contributed by atoms with Crippen molar-refractivity contribution < 1.29 is 4.74 Å². The van der Waals surface area contributed by atoms with Crippen molar-refractivity contribution in [2.24, 2.45) is 0 Å². The number of hydrogen-bond acceptors (Lipinski definition) is 2. The summed E-state index contributed by atoms with van der Waals surface area (Å²) in [5.74, 6) is 1.70. The second-order valence-corrected chi connectivity index (χ2v) is 3.34. The summed E-state index contributed by atoms with van der Waals surface area (Å²) in [5, 5.41) is 0. The quantitative estimate of drug-likeness (QED) is 0.707. The van der Waals surface area contributed by atoms with Gasteiger partial charge in [-0.1, -0.05) is 6.07 Å². The normalized spacial score (nSPS) is 9.92. The van der Waals surface area contributed by atoms with Crippen molar-refractivity contribution in [2.75, 3.05) is 12.4 Å². The van der Waals surface area contributed by atoms with Crippen LogP contribution in [0.5, 0.6) is 5.75 Å². The van der Waals surface area contributed by atoms with Gasteiger partial charge in [-0.15, -0.1) is 0 Å². The van der Waals surface area contributed by atoms with Gasteiger partial charge in [0.2, 0.25) is 0 Å². The number of ether oxygens (including phenoxy) is 1. The van der Waals surface area contributed by atoms with Crippen molar-refractivity contribution in [2.45, 2.75) is 13.8 Å². The van der Waals surface area contributed by atoms with Crippen LogP contribution in [0.3, 0.4) is 0 Å². The predicted molar refractivity (Wildman–Crippen MR) is 55.3 cm³/mol. The zero-order valence-corrected chi connectivity index (χ0v) is 8.40. The highest BCUT2D eigenvalue weighted by molar-refractivity contribution is 7.80. The van der Waals surface area contributed by atoms with Crippen LogP contribution in [-0.4, -0.2) is 12.4 Å². The van der Waals surface area contributed by atoms with Gasteiger partial charge in [-0.3, -0.25) is 0 Å². The van der Waals surface area contributed by atoms with Crippen LogP contribution in [0.1, 0.15) is 11.1 Å². The molecule has 12 heavy (non-hydrogen) atoms. The van der Waals surface area contributed by atoms with Gasteiger partial charge in [-0.25, -0.2) is 0 Å². The maximum absolute atomic E-state index is 5.44. The van der Waals surface area contributed by atoms with Crippen LogP contribution >= 0.6 is 12.6 Å². The van der Waals surface area contributed by atoms with Crippen LogP contribution in [0.2, 0.25) is 0 Å². The average molecular weight is 182 g/mol. The lowest BCUT2D eigenvalue weighted by Gasteiger charge is -2.06. The molecule has 0 N–H and O–H groups in total. The monoisotopic (exact) mass is 182 g/mol. The van der Waals surface area contributed by atoms with Gasteiger partial charge >= 0.3 is 0 Å². The Kier molecular flexibility index (Phi) is 3.48. The Morgan fingerprint density at radius 3 is 2.25 bits per heavy atom. The molecule has 0 heterocycles. The van der Waals surface area contributed by atoms with E-state index in [1.165, 1.54) is 11.1 Å². The first-order valence-corrected chi connectivity index (χ1v) is 4.67. The summed E-state index contributed by atoms with van der Waals surface area (Å²) in [4.78, 5) is 0. The van der Waals surface area contributed by atoms with E-state index < -0.39 is 0 Å². The molecule has 66 valence electrons. The molecule has 0 radical (unpaired) electrons. The molecule has 0 saturated heterocycles. The molecule has 0 unspecified atom stereocenters. The third-order valence-corrected chi connectivity index (χ3v) is 1.74. The lowest BCUT2D eigenvalue weighted by molar-refractivity contribution is 0.344. The molecule has 0 amide bonds. The smallest absolute Gasteiger partial charge is 0.119 e. The first kappa shape index (κ1) is 9.46. The van der Waals surface area contributed by atoms with E-state index in [-0.39, 0.29) is 0 Å². The number of thiol groups is 1. The van der Waals surface area contributed by atoms with Crippen LogP contribution in [0.25, 0.3) is 0 Å². The van der Waals surface area contributed by atoms with Gasteiger partial charge in [0.05, 0.1) is 6.61 Å². The maximum Gasteiger partial charge on any atom is 0.119 e. The average Bonchev–Trinajstić information content (AvgIpc) is 1.99. The van der Waals surface area contributed by atoms with Gasteiger partial charge in [0.25, 0.3) is 0 Å². The number of aryl methyl sites for hydroxylation is 2. The van der Waals surface area contributed by atoms with E-state index in [0.717, 1.165) is 11.5 Å². The van der Waals surface area contributed by atoms with Crippen LogP contribution in [0.15, 0.2) is 18.2 Å². The molecule has 0 spiro atoms. The van der Waals surface area contributed by atoms with Crippen molar-refractivity contribution in [3.8, 4) is 5.75 Å². The highest BCUT2D eigenvalue weighted by Gasteiger charge is 1.95. The van der Waals surface area contributed by atoms with Crippen LogP contribution in [0.4, 0.5) is 0 Å². The standard InChI is InChI=1S/C10H14OS/c1-8-5-9(2)7-10(6-8)11-3-4-12/h5-7,12H,3-4H2,1-2H3. The van der Waals surface area contributed by atoms with Crippen molar-refractivity contribution in [3.63, 3.8) is 0 Å². The molecule has 0 aromatic heterocycles. The van der Waals surface area contributed by atoms with Crippen molar-refractivity contribution >= 4 is 12.6 Å². The third-order valence-electron chi connectivity index (χ3n) is 1.56. The molecule has 0 saturated carbocycles. The first-order valence-electron chi connectivity index (χ1n) is 4.04. The Balaban J connectivity index is 2.72. The minimum Gasteiger partial charge on any atom is -0.493 e. The van der Waals surface area contributed by atoms with E-state index in [1.54, 1.807) is 0 Å². The molecule has 2 heteroatoms. The molecule has 1 nitrogen and oxygen atoms in total. The zero-order valence-electron chi connectivity index (χ0n) is 7.50. The largest absolute Gasteiger partial charge is 0.493 e. The number of benzene rings is 1. The third kappa shape index (κ3) is 2.78. The van der Waals surface area contributed by atoms with Gasteiger partial charge in [0, 0.05) is 5.75 Å². The van der Waals surface area contributed by atoms with Gasteiger partial charge in [-0.05, 0) is 37.1 Å². The molecule has 0 aliphatic carbocycles. The molecular weight excluding hydrogens is 168 g/mol.